The number of nitrogens with zero attached hydrogens (tertiary/aromatic N) is 4. The van der Waals surface area contributed by atoms with Crippen molar-refractivity contribution in [3.05, 3.63) is 48.0 Å². The first-order chi connectivity index (χ1) is 23.9. The van der Waals surface area contributed by atoms with E-state index in [2.05, 4.69) is 20.9 Å². The average molecular weight is 692 g/mol. The van der Waals surface area contributed by atoms with Crippen molar-refractivity contribution < 1.29 is 38.2 Å². The van der Waals surface area contributed by atoms with Gasteiger partial charge < -0.3 is 35.5 Å². The number of carbonyl (C=O) groups excluding carboxylic acids is 5. The van der Waals surface area contributed by atoms with Gasteiger partial charge in [-0.15, -0.1) is 5.10 Å². The molecular formula is C35H45N7O8. The molecule has 0 bridgehead atoms. The first-order valence-electron chi connectivity index (χ1n) is 17.3. The molecule has 15 nitrogen and oxygen atoms in total. The Kier molecular flexibility index (Phi) is 10.1. The number of furan rings is 1. The van der Waals surface area contributed by atoms with Crippen LogP contribution in [0.15, 0.2) is 41.1 Å². The highest BCUT2D eigenvalue weighted by atomic mass is 16.5. The van der Waals surface area contributed by atoms with Crippen LogP contribution in [0.3, 0.4) is 0 Å². The third kappa shape index (κ3) is 7.29. The van der Waals surface area contributed by atoms with Crippen LogP contribution in [0.2, 0.25) is 0 Å². The molecule has 3 aliphatic rings. The van der Waals surface area contributed by atoms with E-state index < -0.39 is 58.7 Å². The molecule has 4 heterocycles. The molecule has 0 radical (unpaired) electrons. The van der Waals surface area contributed by atoms with Crippen LogP contribution in [0.25, 0.3) is 11.0 Å². The Hall–Kier alpha value is -4.63. The molecule has 50 heavy (non-hydrogen) atoms. The van der Waals surface area contributed by atoms with E-state index >= 15 is 0 Å². The molecule has 2 aliphatic heterocycles. The third-order valence-electron chi connectivity index (χ3n) is 10.4. The minimum Gasteiger partial charge on any atom is -0.464 e. The molecule has 4 amide bonds. The molecule has 3 fully saturated rings. The topological polar surface area (TPSA) is 212 Å². The van der Waals surface area contributed by atoms with Crippen LogP contribution >= 0.6 is 0 Å². The zero-order chi connectivity index (χ0) is 35.6. The maximum Gasteiger partial charge on any atom is 0.287 e. The Bertz CT molecular complexity index is 1750. The van der Waals surface area contributed by atoms with Gasteiger partial charge in [0, 0.05) is 50.0 Å². The summed E-state index contributed by atoms with van der Waals surface area (Å²) in [5, 5.41) is 25.6. The van der Waals surface area contributed by atoms with Crippen molar-refractivity contribution >= 4 is 40.4 Å². The number of amides is 4. The van der Waals surface area contributed by atoms with E-state index in [0.717, 1.165) is 37.5 Å². The van der Waals surface area contributed by atoms with Gasteiger partial charge in [-0.05, 0) is 50.5 Å². The summed E-state index contributed by atoms with van der Waals surface area (Å²) in [7, 11) is 0. The largest absolute Gasteiger partial charge is 0.464 e. The number of ether oxygens (including phenoxy) is 1. The Morgan fingerprint density at radius 2 is 1.84 bits per heavy atom. The Labute approximate surface area is 289 Å². The number of hydrogen-bond acceptors (Lipinski definition) is 10. The number of likely N-dealkylation sites (tertiary alicyclic amines) is 1. The van der Waals surface area contributed by atoms with Crippen molar-refractivity contribution in [1.29, 1.82) is 0 Å². The van der Waals surface area contributed by atoms with E-state index in [9.17, 15) is 29.1 Å². The minimum absolute atomic E-state index is 0.0151. The lowest BCUT2D eigenvalue weighted by Crippen LogP contribution is -2.64. The minimum atomic E-state index is -1.58. The molecule has 15 heteroatoms. The number of nitrogens with one attached hydrogen (secondary N) is 2. The van der Waals surface area contributed by atoms with E-state index in [-0.39, 0.29) is 44.9 Å². The Morgan fingerprint density at radius 1 is 1.10 bits per heavy atom. The normalized spacial score (nSPS) is 21.9. The van der Waals surface area contributed by atoms with Gasteiger partial charge in [-0.3, -0.25) is 24.0 Å². The fourth-order valence-electron chi connectivity index (χ4n) is 7.65. The monoisotopic (exact) mass is 691 g/mol. The third-order valence-corrected chi connectivity index (χ3v) is 10.4. The Balaban J connectivity index is 1.33. The molecule has 1 aromatic carbocycles. The quantitative estimate of drug-likeness (QED) is 0.214. The number of nitrogens with two attached hydrogens (primary N) is 1. The number of Topliss-reactive ketones (excluding diaryl/α,β-unsaturated/α-hetero) is 1. The van der Waals surface area contributed by atoms with Crippen molar-refractivity contribution in [2.24, 2.45) is 11.7 Å². The molecule has 3 atom stereocenters. The van der Waals surface area contributed by atoms with Gasteiger partial charge in [-0.1, -0.05) is 37.3 Å². The second-order valence-electron chi connectivity index (χ2n) is 14.3. The summed E-state index contributed by atoms with van der Waals surface area (Å²) in [5.74, 6) is -3.45. The van der Waals surface area contributed by atoms with Gasteiger partial charge >= 0.3 is 0 Å². The summed E-state index contributed by atoms with van der Waals surface area (Å²) < 4.78 is 12.4. The fraction of sp³-hybridized carbons (Fsp3) is 0.571. The summed E-state index contributed by atoms with van der Waals surface area (Å²) in [6, 6.07) is 4.14. The van der Waals surface area contributed by atoms with Crippen LogP contribution in [0.5, 0.6) is 0 Å². The van der Waals surface area contributed by atoms with Gasteiger partial charge in [0.1, 0.15) is 28.8 Å². The highest BCUT2D eigenvalue weighted by Crippen LogP contribution is 2.34. The van der Waals surface area contributed by atoms with Gasteiger partial charge in [-0.2, -0.15) is 0 Å². The molecule has 1 saturated carbocycles. The van der Waals surface area contributed by atoms with Gasteiger partial charge in [0.25, 0.3) is 11.8 Å². The predicted molar refractivity (Wildman–Crippen MR) is 178 cm³/mol. The van der Waals surface area contributed by atoms with Crippen molar-refractivity contribution in [1.82, 2.24) is 30.5 Å². The molecule has 0 spiro atoms. The van der Waals surface area contributed by atoms with Gasteiger partial charge in [0.05, 0.1) is 24.2 Å². The lowest BCUT2D eigenvalue weighted by Gasteiger charge is -2.37. The summed E-state index contributed by atoms with van der Waals surface area (Å²) in [5.41, 5.74) is 3.88. The molecule has 3 aromatic rings. The van der Waals surface area contributed by atoms with Gasteiger partial charge in [0.2, 0.25) is 17.6 Å². The van der Waals surface area contributed by atoms with Gasteiger partial charge in [0.15, 0.2) is 0 Å². The average Bonchev–Trinajstić information content (AvgIpc) is 3.87. The number of ketones is 1. The van der Waals surface area contributed by atoms with Crippen LogP contribution in [0.1, 0.15) is 93.7 Å². The van der Waals surface area contributed by atoms with Crippen molar-refractivity contribution in [2.75, 3.05) is 19.8 Å². The van der Waals surface area contributed by atoms with E-state index in [4.69, 9.17) is 14.9 Å². The van der Waals surface area contributed by atoms with Crippen LogP contribution in [0.4, 0.5) is 0 Å². The Morgan fingerprint density at radius 3 is 2.54 bits per heavy atom. The molecule has 268 valence electrons. The summed E-state index contributed by atoms with van der Waals surface area (Å²) in [6.45, 7) is 3.45. The maximum absolute atomic E-state index is 14.7. The maximum atomic E-state index is 14.7. The zero-order valence-corrected chi connectivity index (χ0v) is 28.4. The second kappa shape index (κ2) is 14.3. The van der Waals surface area contributed by atoms with E-state index in [1.54, 1.807) is 38.1 Å². The van der Waals surface area contributed by atoms with E-state index in [1.807, 2.05) is 0 Å². The highest BCUT2D eigenvalue weighted by Gasteiger charge is 2.49. The summed E-state index contributed by atoms with van der Waals surface area (Å²) >= 11 is 0. The number of fused-ring (bicyclic) bond motifs is 1. The number of hydrogen-bond donors (Lipinski definition) is 4. The van der Waals surface area contributed by atoms with Crippen LogP contribution < -0.4 is 16.4 Å². The second-order valence-corrected chi connectivity index (χ2v) is 14.3. The highest BCUT2D eigenvalue weighted by molar-refractivity contribution is 6.39. The zero-order valence-electron chi connectivity index (χ0n) is 28.4. The lowest BCUT2D eigenvalue weighted by atomic mass is 9.84. The van der Waals surface area contributed by atoms with Crippen LogP contribution in [-0.4, -0.2) is 91.8 Å². The number of primary amides is 1. The number of benzene rings is 1. The van der Waals surface area contributed by atoms with E-state index in [1.165, 1.54) is 22.0 Å². The van der Waals surface area contributed by atoms with Crippen LogP contribution in [-0.2, 0) is 29.5 Å². The van der Waals surface area contributed by atoms with Crippen molar-refractivity contribution in [3.8, 4) is 0 Å². The molecule has 2 saturated heterocycles. The van der Waals surface area contributed by atoms with Crippen molar-refractivity contribution in [3.63, 3.8) is 0 Å². The SMILES string of the molecule is CC(C)(O)c1cnnn1C1CC(C(=O)NC2(C(=O)C(N)=O)CCOCC2)N(C(=O)[C@@H](CC2CCCCC2)NC(=O)c2ccc3occc3c2)C1. The number of rotatable bonds is 11. The first-order valence-corrected chi connectivity index (χ1v) is 17.3. The summed E-state index contributed by atoms with van der Waals surface area (Å²) in [4.78, 5) is 69.4. The molecule has 1 aliphatic carbocycles. The summed E-state index contributed by atoms with van der Waals surface area (Å²) in [6.07, 6.45) is 8.51. The molecule has 6 rings (SSSR count). The van der Waals surface area contributed by atoms with Crippen LogP contribution in [0, 0.1) is 5.92 Å². The molecule has 5 N–H and O–H groups in total. The molecular weight excluding hydrogens is 646 g/mol. The standard InChI is InChI=1S/C35H45N7O8/c1-34(2,48)28-19-37-40-42(28)24-18-26(32(46)39-35(29(43)30(36)44)11-14-49-15-12-35)41(20-24)33(47)25(16-21-6-4-3-5-7-21)38-31(45)23-8-9-27-22(17-23)10-13-50-27/h8-10,13,17,19,21,24-26,48H,3-7,11-12,14-16,18,20H2,1-2H3,(H2,36,44)(H,38,45)(H,39,46)/t24?,25-,26?/m1/s1. The smallest absolute Gasteiger partial charge is 0.287 e. The number of aliphatic hydroxyl groups is 1. The number of carbonyl (C=O) groups is 5. The van der Waals surface area contributed by atoms with Gasteiger partial charge in [-0.25, -0.2) is 4.68 Å². The fourth-order valence-corrected chi connectivity index (χ4v) is 7.65. The predicted octanol–water partition coefficient (Wildman–Crippen LogP) is 1.88. The van der Waals surface area contributed by atoms with E-state index in [0.29, 0.717) is 23.3 Å². The number of aromatic nitrogens is 3. The molecule has 2 unspecified atom stereocenters. The molecule has 2 aromatic heterocycles. The van der Waals surface area contributed by atoms with Crippen molar-refractivity contribution in [2.45, 2.75) is 101 Å². The first kappa shape index (κ1) is 35.2. The lowest BCUT2D eigenvalue weighted by molar-refractivity contribution is -0.147.